The fraction of sp³-hybridized carbons (Fsp3) is 0.470. The van der Waals surface area contributed by atoms with E-state index in [0.717, 1.165) is 53.7 Å². The molecule has 0 aromatic carbocycles. The molecule has 1 aliphatic rings. The highest BCUT2D eigenvalue weighted by Gasteiger charge is 2.18. The average molecular weight is 2020 g/mol. The Morgan fingerprint density at radius 3 is 1.27 bits per heavy atom. The van der Waals surface area contributed by atoms with E-state index in [0.29, 0.717) is 94.8 Å². The summed E-state index contributed by atoms with van der Waals surface area (Å²) in [6.45, 7) is 75.0. The van der Waals surface area contributed by atoms with Gasteiger partial charge in [0.25, 0.3) is 0 Å². The van der Waals surface area contributed by atoms with Crippen LogP contribution < -0.4 is 0 Å². The summed E-state index contributed by atoms with van der Waals surface area (Å²) in [5.74, 6) is 12.2. The Bertz CT molecular complexity index is 4290. The van der Waals surface area contributed by atoms with Gasteiger partial charge in [0.05, 0.1) is 46.9 Å². The van der Waals surface area contributed by atoms with E-state index in [1.54, 1.807) is 109 Å². The lowest BCUT2D eigenvalue weighted by Crippen LogP contribution is -2.06. The zero-order chi connectivity index (χ0) is 107. The molecular weight excluding hydrogens is 1850 g/mol. The molecule has 1 fully saturated rings. The minimum atomic E-state index is 0.436. The number of furan rings is 2. The molecule has 2 N–H and O–H groups in total. The summed E-state index contributed by atoms with van der Waals surface area (Å²) < 4.78 is 17.1. The molecule has 17 heterocycles. The number of ether oxygens (including phenoxy) is 1. The molecule has 0 radical (unpaired) electrons. The molecular formula is C117H175N19O3S4. The number of nitrogens with one attached hydrogen (secondary N) is 2. The monoisotopic (exact) mass is 2020 g/mol. The van der Waals surface area contributed by atoms with E-state index in [1.165, 1.54) is 61.1 Å². The van der Waals surface area contributed by atoms with Gasteiger partial charge < -0.3 is 13.6 Å². The number of aromatic amines is 2. The number of nitrogens with zero attached hydrogens (tertiary/aromatic N) is 17. The molecule has 16 aromatic heterocycles. The molecule has 22 nitrogen and oxygen atoms in total. The summed E-state index contributed by atoms with van der Waals surface area (Å²) >= 11 is 6.98. The number of hydrogen-bond acceptors (Lipinski definition) is 23. The van der Waals surface area contributed by atoms with Gasteiger partial charge in [0, 0.05) is 169 Å². The Hall–Kier alpha value is -11.4. The van der Waals surface area contributed by atoms with Crippen LogP contribution >= 0.6 is 45.3 Å². The van der Waals surface area contributed by atoms with Gasteiger partial charge in [-0.3, -0.25) is 29.8 Å². The fourth-order valence-corrected chi connectivity index (χ4v) is 13.9. The van der Waals surface area contributed by atoms with E-state index in [1.807, 2.05) is 180 Å². The van der Waals surface area contributed by atoms with Gasteiger partial charge in [0.15, 0.2) is 0 Å². The van der Waals surface area contributed by atoms with Gasteiger partial charge in [-0.15, -0.1) is 34.0 Å². The van der Waals surface area contributed by atoms with E-state index in [9.17, 15) is 0 Å². The van der Waals surface area contributed by atoms with Crippen LogP contribution in [0.5, 0.6) is 0 Å². The molecule has 780 valence electrons. The highest BCUT2D eigenvalue weighted by Crippen LogP contribution is 2.24. The predicted molar refractivity (Wildman–Crippen MR) is 606 cm³/mol. The van der Waals surface area contributed by atoms with Crippen molar-refractivity contribution >= 4 is 45.3 Å². The van der Waals surface area contributed by atoms with Crippen molar-refractivity contribution in [3.05, 3.63) is 368 Å². The number of aromatic nitrogens is 19. The molecule has 1 atom stereocenters. The molecule has 1 aliphatic heterocycles. The smallest absolute Gasteiger partial charge is 0.130 e. The van der Waals surface area contributed by atoms with Crippen LogP contribution in [-0.2, 0) is 4.74 Å². The Balaban J connectivity index is 0.000000760. The molecule has 0 saturated carbocycles. The van der Waals surface area contributed by atoms with Crippen LogP contribution in [-0.4, -0.2) is 108 Å². The molecule has 0 bridgehead atoms. The third kappa shape index (κ3) is 64.8. The maximum atomic E-state index is 5.22. The molecule has 0 amide bonds. The van der Waals surface area contributed by atoms with Crippen LogP contribution in [0.15, 0.2) is 293 Å². The van der Waals surface area contributed by atoms with Gasteiger partial charge in [0.2, 0.25) is 0 Å². The number of rotatable bonds is 17. The largest absolute Gasteiger partial charge is 0.472 e. The Labute approximate surface area is 877 Å². The van der Waals surface area contributed by atoms with Crippen molar-refractivity contribution in [1.29, 1.82) is 0 Å². The second-order valence-electron chi connectivity index (χ2n) is 38.6. The lowest BCUT2D eigenvalue weighted by Gasteiger charge is -2.09. The molecule has 0 aliphatic carbocycles. The summed E-state index contributed by atoms with van der Waals surface area (Å²) in [7, 11) is 0. The number of hydrogen-bond donors (Lipinski definition) is 2. The van der Waals surface area contributed by atoms with Gasteiger partial charge in [-0.05, 0) is 250 Å². The predicted octanol–water partition coefficient (Wildman–Crippen LogP) is 34.3. The second-order valence-corrected chi connectivity index (χ2v) is 42.0. The maximum Gasteiger partial charge on any atom is 0.130 e. The molecule has 26 heteroatoms. The molecule has 1 unspecified atom stereocenters. The first-order valence-electron chi connectivity index (χ1n) is 50.4. The summed E-state index contributed by atoms with van der Waals surface area (Å²) in [6.07, 6.45) is 40.6. The highest BCUT2D eigenvalue weighted by atomic mass is 32.1. The van der Waals surface area contributed by atoms with Gasteiger partial charge in [-0.25, -0.2) is 39.9 Å². The normalized spacial score (nSPS) is 11.3. The number of thiophene rings is 2. The van der Waals surface area contributed by atoms with E-state index < -0.39 is 0 Å². The summed E-state index contributed by atoms with van der Waals surface area (Å²) in [5, 5.41) is 36.8. The Kier molecular flexibility index (Phi) is 72.5. The number of pyridine rings is 3. The molecule has 1 saturated heterocycles. The van der Waals surface area contributed by atoms with E-state index in [4.69, 9.17) is 13.6 Å². The number of H-pyrrole nitrogens is 2. The van der Waals surface area contributed by atoms with Crippen molar-refractivity contribution in [1.82, 2.24) is 95.2 Å². The van der Waals surface area contributed by atoms with Crippen LogP contribution in [0.2, 0.25) is 0 Å². The summed E-state index contributed by atoms with van der Waals surface area (Å²) in [4.78, 5) is 45.7. The van der Waals surface area contributed by atoms with Crippen molar-refractivity contribution in [2.24, 2.45) is 11.8 Å². The van der Waals surface area contributed by atoms with Crippen molar-refractivity contribution in [3.8, 4) is 0 Å². The zero-order valence-electron chi connectivity index (χ0n) is 92.6. The molecule has 17 rings (SSSR count). The second kappa shape index (κ2) is 80.0. The van der Waals surface area contributed by atoms with Crippen LogP contribution in [0.1, 0.15) is 420 Å². The topological polar surface area (TPSA) is 278 Å². The lowest BCUT2D eigenvalue weighted by molar-refractivity contribution is 0.176. The standard InChI is InChI=1S/3C8H11N.4C7H10N2.C7H14O.2C7H10O.2C7H10S.3C6H10N2.2C6H9NS/c1-7(2)8-3-5-9-6-4-8;1-7(2)8-4-3-5-9-6-8;1-7(2)8-5-3-4-6-9-8;1-6(2)7-3-8-5-9-4-7;1-6(2)7-3-4-8-5-9-7;1-6(2)7-8-4-3-5-9-7;1-6(2)7-4-3-5-8-9-7;2*1-6(2)7-3-4-8-5-7;1-6(2)7-4-3-5-8-7;1-6(2)7-3-4-8-5-7;1-6(2)7-4-3-5-8-7;1-5(2)6-3-7-8-4-6;1-6(2)8-5-3-4-7-8;1-5(2)6-3-4-7-8-6;1-5(2)6-3-8-4-7-6;1-5(2)6-7-3-4-8-6/h3*3-7H,1-2H3;4*3-6H,1-2H3;6-7H,3-5H2,1-2H3;4*3-6H,1-2H3;3-5H,1-2H3,(H,7,8);3-6H,1-2H3;3-5H,1-2H3,(H,7,8);2*3-5H,1-2H3. The molecule has 143 heavy (non-hydrogen) atoms. The summed E-state index contributed by atoms with van der Waals surface area (Å²) in [5.41, 5.74) is 15.4. The van der Waals surface area contributed by atoms with Crippen LogP contribution in [0.25, 0.3) is 0 Å². The third-order valence-electron chi connectivity index (χ3n) is 20.7. The van der Waals surface area contributed by atoms with Gasteiger partial charge in [0.1, 0.15) is 24.2 Å². The quantitative estimate of drug-likeness (QED) is 0.0857. The van der Waals surface area contributed by atoms with E-state index in [2.05, 4.69) is 372 Å². The maximum absolute atomic E-state index is 5.22. The van der Waals surface area contributed by atoms with Gasteiger partial charge >= 0.3 is 0 Å². The summed E-state index contributed by atoms with van der Waals surface area (Å²) in [6, 6.07) is 38.6. The van der Waals surface area contributed by atoms with Crippen LogP contribution in [0.3, 0.4) is 0 Å². The van der Waals surface area contributed by atoms with E-state index in [-0.39, 0.29) is 0 Å². The van der Waals surface area contributed by atoms with Crippen molar-refractivity contribution in [3.63, 3.8) is 0 Å². The van der Waals surface area contributed by atoms with Gasteiger partial charge in [-0.2, -0.15) is 36.8 Å². The first-order chi connectivity index (χ1) is 68.2. The minimum Gasteiger partial charge on any atom is -0.472 e. The molecule has 0 spiro atoms. The Morgan fingerprint density at radius 1 is 0.364 bits per heavy atom. The van der Waals surface area contributed by atoms with Crippen molar-refractivity contribution < 1.29 is 13.6 Å². The Morgan fingerprint density at radius 2 is 0.986 bits per heavy atom. The first kappa shape index (κ1) is 130. The lowest BCUT2D eigenvalue weighted by atomic mass is 9.96. The zero-order valence-corrected chi connectivity index (χ0v) is 95.9. The average Bonchev–Trinajstić information content (AvgIpc) is 1.41. The third-order valence-corrected chi connectivity index (χ3v) is 24.2. The van der Waals surface area contributed by atoms with E-state index >= 15 is 0 Å². The van der Waals surface area contributed by atoms with Crippen molar-refractivity contribution in [2.75, 3.05) is 13.2 Å². The van der Waals surface area contributed by atoms with Crippen molar-refractivity contribution in [2.45, 2.75) is 337 Å². The first-order valence-corrected chi connectivity index (χ1v) is 54.0. The van der Waals surface area contributed by atoms with Crippen LogP contribution in [0, 0.1) is 11.8 Å². The minimum absolute atomic E-state index is 0.436. The SMILES string of the molecule is CC(C)C1CCOC1.CC(C)c1ccccn1.CC(C)c1cccnc1.CC(C)c1cccnn1.CC(C)c1ccco1.CC(C)c1cccs1.CC(C)c1ccn[nH]1.CC(C)c1ccncc1.CC(C)c1ccncn1.CC(C)c1ccoc1.CC(C)c1ccsc1.CC(C)c1cn[nH]c1.CC(C)c1cncnc1.CC(C)c1cscn1.CC(C)c1ncccn1.CC(C)c1nccs1.CC(C)n1cccn1. The molecule has 16 aromatic rings. The number of thiazole rings is 2. The van der Waals surface area contributed by atoms with Gasteiger partial charge in [-0.1, -0.05) is 240 Å². The van der Waals surface area contributed by atoms with Crippen LogP contribution in [0.4, 0.5) is 0 Å². The fourth-order valence-electron chi connectivity index (χ4n) is 11.0. The highest BCUT2D eigenvalue weighted by molar-refractivity contribution is 7.10.